The first kappa shape index (κ1) is 15.4. The van der Waals surface area contributed by atoms with Crippen LogP contribution in [0.3, 0.4) is 0 Å². The van der Waals surface area contributed by atoms with Gasteiger partial charge in [-0.05, 0) is 25.1 Å². The van der Waals surface area contributed by atoms with Crippen LogP contribution in [0.2, 0.25) is 0 Å². The van der Waals surface area contributed by atoms with Crippen LogP contribution in [-0.4, -0.2) is 52.8 Å². The molecule has 0 radical (unpaired) electrons. The Bertz CT molecular complexity index is 646. The SMILES string of the molecule is CCOC1COCC1NC(=O)Nc1cccc(-n2cncn2)c1. The molecule has 0 bridgehead atoms. The van der Waals surface area contributed by atoms with Crippen molar-refractivity contribution in [2.24, 2.45) is 0 Å². The van der Waals surface area contributed by atoms with E-state index in [2.05, 4.69) is 20.7 Å². The maximum atomic E-state index is 12.1. The monoisotopic (exact) mass is 317 g/mol. The molecular weight excluding hydrogens is 298 g/mol. The summed E-state index contributed by atoms with van der Waals surface area (Å²) in [4.78, 5) is 16.1. The quantitative estimate of drug-likeness (QED) is 0.864. The molecule has 1 aliphatic heterocycles. The van der Waals surface area contributed by atoms with Crippen molar-refractivity contribution in [1.29, 1.82) is 0 Å². The number of ether oxygens (including phenoxy) is 2. The average Bonchev–Trinajstić information content (AvgIpc) is 3.20. The zero-order valence-corrected chi connectivity index (χ0v) is 12.8. The number of carbonyl (C=O) groups excluding carboxylic acids is 1. The molecule has 3 rings (SSSR count). The van der Waals surface area contributed by atoms with E-state index in [1.54, 1.807) is 11.0 Å². The summed E-state index contributed by atoms with van der Waals surface area (Å²) in [6, 6.07) is 6.92. The second kappa shape index (κ2) is 7.21. The number of anilines is 1. The second-order valence-electron chi connectivity index (χ2n) is 5.13. The lowest BCUT2D eigenvalue weighted by Gasteiger charge is -2.19. The molecule has 2 unspecified atom stereocenters. The van der Waals surface area contributed by atoms with Gasteiger partial charge in [0.05, 0.1) is 24.9 Å². The molecule has 1 saturated heterocycles. The Balaban J connectivity index is 1.61. The number of aromatic nitrogens is 3. The van der Waals surface area contributed by atoms with Gasteiger partial charge in [-0.15, -0.1) is 0 Å². The topological polar surface area (TPSA) is 90.3 Å². The Hall–Kier alpha value is -2.45. The van der Waals surface area contributed by atoms with Crippen molar-refractivity contribution in [3.63, 3.8) is 0 Å². The molecule has 8 nitrogen and oxygen atoms in total. The second-order valence-corrected chi connectivity index (χ2v) is 5.13. The van der Waals surface area contributed by atoms with Gasteiger partial charge in [-0.1, -0.05) is 6.07 Å². The molecule has 23 heavy (non-hydrogen) atoms. The number of amides is 2. The van der Waals surface area contributed by atoms with E-state index < -0.39 is 0 Å². The van der Waals surface area contributed by atoms with Gasteiger partial charge in [-0.3, -0.25) is 0 Å². The minimum atomic E-state index is -0.291. The maximum Gasteiger partial charge on any atom is 0.319 e. The molecule has 2 atom stereocenters. The lowest BCUT2D eigenvalue weighted by atomic mass is 10.2. The van der Waals surface area contributed by atoms with Crippen LogP contribution in [0, 0.1) is 0 Å². The largest absolute Gasteiger partial charge is 0.376 e. The van der Waals surface area contributed by atoms with E-state index >= 15 is 0 Å². The van der Waals surface area contributed by atoms with E-state index in [4.69, 9.17) is 9.47 Å². The van der Waals surface area contributed by atoms with Crippen molar-refractivity contribution in [2.75, 3.05) is 25.1 Å². The lowest BCUT2D eigenvalue weighted by molar-refractivity contribution is 0.0428. The van der Waals surface area contributed by atoms with Crippen LogP contribution in [0.1, 0.15) is 6.92 Å². The molecule has 0 saturated carbocycles. The highest BCUT2D eigenvalue weighted by atomic mass is 16.5. The van der Waals surface area contributed by atoms with E-state index in [0.717, 1.165) is 5.69 Å². The van der Waals surface area contributed by atoms with Gasteiger partial charge in [0.2, 0.25) is 0 Å². The maximum absolute atomic E-state index is 12.1. The summed E-state index contributed by atoms with van der Waals surface area (Å²) in [5.41, 5.74) is 1.49. The van der Waals surface area contributed by atoms with Gasteiger partial charge < -0.3 is 20.1 Å². The third kappa shape index (κ3) is 3.85. The van der Waals surface area contributed by atoms with Crippen LogP contribution in [0.4, 0.5) is 10.5 Å². The number of hydrogen-bond donors (Lipinski definition) is 2. The minimum absolute atomic E-state index is 0.104. The molecule has 2 N–H and O–H groups in total. The molecule has 1 aromatic carbocycles. The first-order chi connectivity index (χ1) is 11.3. The van der Waals surface area contributed by atoms with Crippen LogP contribution < -0.4 is 10.6 Å². The molecule has 0 spiro atoms. The molecule has 122 valence electrons. The first-order valence-corrected chi connectivity index (χ1v) is 7.48. The van der Waals surface area contributed by atoms with Gasteiger partial charge in [0, 0.05) is 12.3 Å². The number of rotatable bonds is 5. The third-order valence-electron chi connectivity index (χ3n) is 3.51. The van der Waals surface area contributed by atoms with Gasteiger partial charge in [0.15, 0.2) is 0 Å². The van der Waals surface area contributed by atoms with Gasteiger partial charge >= 0.3 is 6.03 Å². The zero-order valence-electron chi connectivity index (χ0n) is 12.8. The Morgan fingerprint density at radius 2 is 2.39 bits per heavy atom. The lowest BCUT2D eigenvalue weighted by Crippen LogP contribution is -2.45. The Morgan fingerprint density at radius 1 is 1.48 bits per heavy atom. The van der Waals surface area contributed by atoms with Gasteiger partial charge in [-0.2, -0.15) is 5.10 Å². The van der Waals surface area contributed by atoms with E-state index in [-0.39, 0.29) is 18.2 Å². The number of carbonyl (C=O) groups is 1. The average molecular weight is 317 g/mol. The normalized spacial score (nSPS) is 20.4. The molecular formula is C15H19N5O3. The molecule has 0 aliphatic carbocycles. The van der Waals surface area contributed by atoms with Crippen LogP contribution in [0.5, 0.6) is 0 Å². The summed E-state index contributed by atoms with van der Waals surface area (Å²) in [5.74, 6) is 0. The fourth-order valence-corrected chi connectivity index (χ4v) is 2.45. The molecule has 1 aliphatic rings. The number of nitrogens with zero attached hydrogens (tertiary/aromatic N) is 3. The highest BCUT2D eigenvalue weighted by Crippen LogP contribution is 2.14. The number of hydrogen-bond acceptors (Lipinski definition) is 5. The van der Waals surface area contributed by atoms with Gasteiger partial charge in [0.25, 0.3) is 0 Å². The van der Waals surface area contributed by atoms with E-state index in [9.17, 15) is 4.79 Å². The molecule has 2 heterocycles. The smallest absolute Gasteiger partial charge is 0.319 e. The van der Waals surface area contributed by atoms with E-state index in [0.29, 0.717) is 25.5 Å². The number of urea groups is 1. The van der Waals surface area contributed by atoms with E-state index in [1.807, 2.05) is 31.2 Å². The summed E-state index contributed by atoms with van der Waals surface area (Å²) in [7, 11) is 0. The summed E-state index contributed by atoms with van der Waals surface area (Å²) < 4.78 is 12.5. The van der Waals surface area contributed by atoms with E-state index in [1.165, 1.54) is 6.33 Å². The Kier molecular flexibility index (Phi) is 4.84. The third-order valence-corrected chi connectivity index (χ3v) is 3.51. The first-order valence-electron chi connectivity index (χ1n) is 7.48. The minimum Gasteiger partial charge on any atom is -0.376 e. The number of nitrogens with one attached hydrogen (secondary N) is 2. The van der Waals surface area contributed by atoms with Crippen molar-refractivity contribution in [3.05, 3.63) is 36.9 Å². The summed E-state index contributed by atoms with van der Waals surface area (Å²) in [5, 5.41) is 9.76. The molecule has 2 amide bonds. The summed E-state index contributed by atoms with van der Waals surface area (Å²) >= 11 is 0. The highest BCUT2D eigenvalue weighted by Gasteiger charge is 2.30. The van der Waals surface area contributed by atoms with Crippen molar-refractivity contribution in [1.82, 2.24) is 20.1 Å². The zero-order chi connectivity index (χ0) is 16.1. The molecule has 2 aromatic rings. The fraction of sp³-hybridized carbons (Fsp3) is 0.400. The summed E-state index contributed by atoms with van der Waals surface area (Å²) in [6.45, 7) is 3.47. The van der Waals surface area contributed by atoms with Crippen LogP contribution in [0.15, 0.2) is 36.9 Å². The highest BCUT2D eigenvalue weighted by molar-refractivity contribution is 5.89. The van der Waals surface area contributed by atoms with Crippen molar-refractivity contribution >= 4 is 11.7 Å². The number of benzene rings is 1. The summed E-state index contributed by atoms with van der Waals surface area (Å²) in [6.07, 6.45) is 2.95. The molecule has 1 fully saturated rings. The Labute approximate surface area is 133 Å². The van der Waals surface area contributed by atoms with Crippen molar-refractivity contribution < 1.29 is 14.3 Å². The van der Waals surface area contributed by atoms with Crippen LogP contribution >= 0.6 is 0 Å². The van der Waals surface area contributed by atoms with Gasteiger partial charge in [-0.25, -0.2) is 14.5 Å². The Morgan fingerprint density at radius 3 is 3.17 bits per heavy atom. The van der Waals surface area contributed by atoms with Gasteiger partial charge in [0.1, 0.15) is 18.8 Å². The van der Waals surface area contributed by atoms with Crippen molar-refractivity contribution in [2.45, 2.75) is 19.1 Å². The standard InChI is InChI=1S/C15H19N5O3/c1-2-23-14-8-22-7-13(14)19-15(21)18-11-4-3-5-12(6-11)20-10-16-9-17-20/h3-6,9-10,13-14H,2,7-8H2,1H3,(H2,18,19,21). The molecule has 8 heteroatoms. The predicted octanol–water partition coefficient (Wildman–Crippen LogP) is 1.19. The predicted molar refractivity (Wildman–Crippen MR) is 83.5 cm³/mol. The van der Waals surface area contributed by atoms with Crippen LogP contribution in [-0.2, 0) is 9.47 Å². The fourth-order valence-electron chi connectivity index (χ4n) is 2.45. The molecule has 1 aromatic heterocycles. The van der Waals surface area contributed by atoms with Crippen LogP contribution in [0.25, 0.3) is 5.69 Å². The van der Waals surface area contributed by atoms with Crippen molar-refractivity contribution in [3.8, 4) is 5.69 Å².